The van der Waals surface area contributed by atoms with Crippen molar-refractivity contribution in [3.8, 4) is 22.6 Å². The van der Waals surface area contributed by atoms with Gasteiger partial charge in [0.1, 0.15) is 5.60 Å². The summed E-state index contributed by atoms with van der Waals surface area (Å²) in [5, 5.41) is 11.9. The molecule has 1 spiro atoms. The lowest BCUT2D eigenvalue weighted by atomic mass is 9.48. The topological polar surface area (TPSA) is 54.8 Å². The third-order valence-corrected chi connectivity index (χ3v) is 11.4. The molecular weight excluding hydrogens is 568 g/mol. The van der Waals surface area contributed by atoms with Gasteiger partial charge < -0.3 is 14.6 Å². The monoisotopic (exact) mass is 604 g/mol. The first-order valence-corrected chi connectivity index (χ1v) is 16.6. The van der Waals surface area contributed by atoms with Gasteiger partial charge in [-0.15, -0.1) is 0 Å². The number of likely N-dealkylation sites (tertiary alicyclic amines) is 1. The van der Waals surface area contributed by atoms with Crippen molar-refractivity contribution in [3.63, 3.8) is 0 Å². The summed E-state index contributed by atoms with van der Waals surface area (Å²) in [6.45, 7) is 2.83. The number of phenolic OH excluding ortho intramolecular Hbond substituents is 1. The van der Waals surface area contributed by atoms with Crippen molar-refractivity contribution in [1.29, 1.82) is 0 Å². The van der Waals surface area contributed by atoms with E-state index in [-0.39, 0.29) is 17.9 Å². The van der Waals surface area contributed by atoms with E-state index in [1.807, 2.05) is 24.4 Å². The molecule has 4 aromatic rings. The molecule has 1 saturated heterocycles. The largest absolute Gasteiger partial charge is 0.504 e. The number of hydrogen-bond donors (Lipinski definition) is 1. The Kier molecular flexibility index (Phi) is 6.17. The summed E-state index contributed by atoms with van der Waals surface area (Å²) in [5.41, 5.74) is 7.30. The Morgan fingerprint density at radius 1 is 1.00 bits per heavy atom. The summed E-state index contributed by atoms with van der Waals surface area (Å²) < 4.78 is 14.4. The molecule has 2 aliphatic heterocycles. The number of piperidine rings is 1. The number of ether oxygens (including phenoxy) is 2. The van der Waals surface area contributed by atoms with E-state index in [9.17, 15) is 5.11 Å². The molecule has 3 heterocycles. The van der Waals surface area contributed by atoms with Crippen molar-refractivity contribution in [2.75, 3.05) is 19.7 Å². The average molecular weight is 605 g/mol. The predicted molar refractivity (Wildman–Crippen MR) is 171 cm³/mol. The van der Waals surface area contributed by atoms with Gasteiger partial charge in [-0.2, -0.15) is 0 Å². The van der Waals surface area contributed by atoms with Gasteiger partial charge >= 0.3 is 0 Å². The summed E-state index contributed by atoms with van der Waals surface area (Å²) in [6, 6.07) is 25.2. The molecule has 224 valence electrons. The molecule has 3 aromatic carbocycles. The Labute approximate surface area is 263 Å². The molecule has 2 bridgehead atoms. The minimum atomic E-state index is -0.485. The number of phenols is 1. The number of hydrogen-bond acceptors (Lipinski definition) is 5. The lowest BCUT2D eigenvalue weighted by Gasteiger charge is -2.64. The van der Waals surface area contributed by atoms with Gasteiger partial charge in [0, 0.05) is 48.0 Å². The van der Waals surface area contributed by atoms with Crippen molar-refractivity contribution >= 4 is 11.6 Å². The summed E-state index contributed by atoms with van der Waals surface area (Å²) in [5.74, 6) is 1.67. The zero-order chi connectivity index (χ0) is 29.5. The second-order valence-electron chi connectivity index (χ2n) is 13.6. The van der Waals surface area contributed by atoms with Gasteiger partial charge in [-0.1, -0.05) is 60.1 Å². The molecule has 9 rings (SSSR count). The quantitative estimate of drug-likeness (QED) is 0.212. The molecule has 1 unspecified atom stereocenters. The van der Waals surface area contributed by atoms with E-state index in [1.54, 1.807) is 0 Å². The number of fused-ring (bicyclic) bond motifs is 2. The molecule has 6 heteroatoms. The van der Waals surface area contributed by atoms with Crippen molar-refractivity contribution in [3.05, 3.63) is 112 Å². The Morgan fingerprint density at radius 2 is 1.84 bits per heavy atom. The molecule has 0 radical (unpaired) electrons. The van der Waals surface area contributed by atoms with Crippen LogP contribution in [0.3, 0.4) is 0 Å². The fourth-order valence-corrected chi connectivity index (χ4v) is 9.19. The number of pyridine rings is 1. The number of aryl methyl sites for hydroxylation is 1. The number of aromatic hydroxyl groups is 1. The normalized spacial score (nSPS) is 27.8. The number of benzene rings is 3. The Morgan fingerprint density at radius 3 is 2.66 bits per heavy atom. The van der Waals surface area contributed by atoms with E-state index in [1.165, 1.54) is 35.1 Å². The number of halogens is 1. The number of rotatable bonds is 8. The lowest BCUT2D eigenvalue weighted by molar-refractivity contribution is -0.205. The lowest BCUT2D eigenvalue weighted by Crippen LogP contribution is -2.75. The van der Waals surface area contributed by atoms with E-state index in [0.717, 1.165) is 73.0 Å². The van der Waals surface area contributed by atoms with Gasteiger partial charge in [0.25, 0.3) is 0 Å². The van der Waals surface area contributed by atoms with Gasteiger partial charge in [-0.25, -0.2) is 0 Å². The number of aromatic nitrogens is 1. The van der Waals surface area contributed by atoms with Crippen LogP contribution in [0.1, 0.15) is 59.7 Å². The Hall–Kier alpha value is -3.38. The zero-order valence-electron chi connectivity index (χ0n) is 24.8. The van der Waals surface area contributed by atoms with Crippen LogP contribution in [0.5, 0.6) is 11.5 Å². The second-order valence-corrected chi connectivity index (χ2v) is 14.0. The van der Waals surface area contributed by atoms with Gasteiger partial charge in [0.15, 0.2) is 17.6 Å². The first-order valence-electron chi connectivity index (χ1n) is 16.2. The van der Waals surface area contributed by atoms with Gasteiger partial charge in [0.2, 0.25) is 0 Å². The van der Waals surface area contributed by atoms with Crippen LogP contribution in [0.25, 0.3) is 11.1 Å². The molecule has 2 fully saturated rings. The minimum absolute atomic E-state index is 0.226. The van der Waals surface area contributed by atoms with Crippen molar-refractivity contribution in [2.24, 2.45) is 5.92 Å². The SMILES string of the molecule is Oc1ccc2c3c1O[C@H]1c4ncc(-c5ccc(Cl)cc5)cc4C[C@@]4(OCCCc5ccccc5)C(C2)N(CC2CC2)CC[C@]314. The highest BCUT2D eigenvalue weighted by Crippen LogP contribution is 2.69. The molecule has 1 aromatic heterocycles. The maximum Gasteiger partial charge on any atom is 0.166 e. The first kappa shape index (κ1) is 27.0. The van der Waals surface area contributed by atoms with Crippen LogP contribution in [0, 0.1) is 5.92 Å². The van der Waals surface area contributed by atoms with Crippen LogP contribution in [-0.2, 0) is 29.4 Å². The summed E-state index contributed by atoms with van der Waals surface area (Å²) in [7, 11) is 0. The zero-order valence-corrected chi connectivity index (χ0v) is 25.6. The average Bonchev–Trinajstić information content (AvgIpc) is 3.79. The standard InChI is InChI=1S/C38H37ClN2O3/c39-30-13-10-26(11-14-30)29-19-28-21-38(43-18-4-7-24-5-2-1-3-6-24)32-20-27-12-15-31(42)35-33(27)37(38,36(44-35)34(28)40-22-29)16-17-41(32)23-25-8-9-25/h1-3,5-6,10-15,19,22,25,32,36,42H,4,7-9,16-18,20-21,23H2/t32?,36-,37-,38+/m0/s1. The first-order chi connectivity index (χ1) is 21.6. The molecule has 5 aliphatic rings. The van der Waals surface area contributed by atoms with Gasteiger partial charge in [-0.3, -0.25) is 9.88 Å². The van der Waals surface area contributed by atoms with Crippen LogP contribution in [0.4, 0.5) is 0 Å². The third kappa shape index (κ3) is 3.95. The molecule has 1 saturated carbocycles. The molecule has 3 aliphatic carbocycles. The smallest absolute Gasteiger partial charge is 0.166 e. The highest BCUT2D eigenvalue weighted by molar-refractivity contribution is 6.30. The highest BCUT2D eigenvalue weighted by atomic mass is 35.5. The second kappa shape index (κ2) is 10.1. The molecular formula is C38H37ClN2O3. The third-order valence-electron chi connectivity index (χ3n) is 11.2. The molecule has 1 N–H and O–H groups in total. The molecule has 44 heavy (non-hydrogen) atoms. The van der Waals surface area contributed by atoms with Crippen LogP contribution < -0.4 is 4.74 Å². The predicted octanol–water partition coefficient (Wildman–Crippen LogP) is 7.46. The van der Waals surface area contributed by atoms with Crippen LogP contribution in [0.2, 0.25) is 5.02 Å². The van der Waals surface area contributed by atoms with E-state index in [4.69, 9.17) is 26.1 Å². The Bertz CT molecular complexity index is 1740. The Balaban J connectivity index is 1.18. The van der Waals surface area contributed by atoms with Gasteiger partial charge in [0.05, 0.1) is 11.1 Å². The van der Waals surface area contributed by atoms with Crippen molar-refractivity contribution in [1.82, 2.24) is 9.88 Å². The minimum Gasteiger partial charge on any atom is -0.504 e. The summed E-state index contributed by atoms with van der Waals surface area (Å²) in [6.07, 6.45) is 8.90. The highest BCUT2D eigenvalue weighted by Gasteiger charge is 2.73. The van der Waals surface area contributed by atoms with Crippen LogP contribution in [-0.4, -0.2) is 46.3 Å². The van der Waals surface area contributed by atoms with Crippen LogP contribution in [0.15, 0.2) is 79.0 Å². The molecule has 5 nitrogen and oxygen atoms in total. The van der Waals surface area contributed by atoms with E-state index in [0.29, 0.717) is 12.4 Å². The number of nitrogens with zero attached hydrogens (tertiary/aromatic N) is 2. The van der Waals surface area contributed by atoms with E-state index < -0.39 is 11.0 Å². The van der Waals surface area contributed by atoms with Crippen molar-refractivity contribution < 1.29 is 14.6 Å². The fourth-order valence-electron chi connectivity index (χ4n) is 9.06. The summed E-state index contributed by atoms with van der Waals surface area (Å²) >= 11 is 6.23. The van der Waals surface area contributed by atoms with Crippen molar-refractivity contribution in [2.45, 2.75) is 68.1 Å². The summed E-state index contributed by atoms with van der Waals surface area (Å²) in [4.78, 5) is 7.90. The van der Waals surface area contributed by atoms with E-state index in [2.05, 4.69) is 59.5 Å². The molecule has 4 atom stereocenters. The fraction of sp³-hybridized carbons (Fsp3) is 0.395. The van der Waals surface area contributed by atoms with E-state index >= 15 is 0 Å². The maximum absolute atomic E-state index is 11.2. The maximum atomic E-state index is 11.2. The van der Waals surface area contributed by atoms with Gasteiger partial charge in [-0.05, 0) is 97.5 Å². The van der Waals surface area contributed by atoms with Crippen LogP contribution >= 0.6 is 11.6 Å². The molecule has 0 amide bonds.